The number of aromatic nitrogens is 5. The number of ether oxygens (including phenoxy) is 1. The summed E-state index contributed by atoms with van der Waals surface area (Å²) in [6, 6.07) is 3.98. The van der Waals surface area contributed by atoms with Crippen LogP contribution in [0.1, 0.15) is 18.2 Å². The molecule has 3 aromatic rings. The lowest BCUT2D eigenvalue weighted by molar-refractivity contribution is 0.137. The van der Waals surface area contributed by atoms with E-state index in [1.807, 2.05) is 49.7 Å². The monoisotopic (exact) mass is 475 g/mol. The molecule has 10 nitrogen and oxygen atoms in total. The molecule has 0 radical (unpaired) electrons. The van der Waals surface area contributed by atoms with E-state index in [0.717, 1.165) is 60.8 Å². The van der Waals surface area contributed by atoms with E-state index in [0.29, 0.717) is 31.5 Å². The van der Waals surface area contributed by atoms with Crippen molar-refractivity contribution in [1.82, 2.24) is 34.9 Å². The highest BCUT2D eigenvalue weighted by Crippen LogP contribution is 2.29. The van der Waals surface area contributed by atoms with Crippen molar-refractivity contribution >= 4 is 41.0 Å². The molecule has 1 aliphatic heterocycles. The van der Waals surface area contributed by atoms with Crippen molar-refractivity contribution < 1.29 is 4.74 Å². The van der Waals surface area contributed by atoms with Crippen molar-refractivity contribution in [2.75, 3.05) is 63.7 Å². The molecule has 1 saturated heterocycles. The number of halogens is 1. The van der Waals surface area contributed by atoms with E-state index in [2.05, 4.69) is 20.5 Å². The van der Waals surface area contributed by atoms with Crippen LogP contribution in [0.5, 0.6) is 0 Å². The number of anilines is 3. The summed E-state index contributed by atoms with van der Waals surface area (Å²) in [5, 5.41) is 11.8. The van der Waals surface area contributed by atoms with Gasteiger partial charge in [0.2, 0.25) is 5.95 Å². The van der Waals surface area contributed by atoms with Gasteiger partial charge in [-0.25, -0.2) is 9.97 Å². The Labute approximate surface area is 201 Å². The SMILES string of the molecule is CCOCCn1nc(CN2CCNCC2)c2nc(N(C)C)nc(Nc3cc(C)ccn3)c21.Cl. The Kier molecular flexibility index (Phi) is 8.79. The summed E-state index contributed by atoms with van der Waals surface area (Å²) in [4.78, 5) is 18.5. The standard InChI is InChI=1S/C22H33N9O.ClH/c1-5-32-13-12-31-20-19(17(28-31)15-30-10-8-23-9-11-30)26-22(29(3)4)27-21(20)25-18-14-16(2)6-7-24-18;/h6-7,14,23H,5,8-13,15H2,1-4H3,(H,24,25,26,27);1H. The largest absolute Gasteiger partial charge is 0.380 e. The molecule has 0 aliphatic carbocycles. The molecular formula is C22H34ClN9O. The lowest BCUT2D eigenvalue weighted by atomic mass is 10.2. The van der Waals surface area contributed by atoms with E-state index in [1.165, 1.54) is 0 Å². The van der Waals surface area contributed by atoms with Crippen LogP contribution < -0.4 is 15.5 Å². The van der Waals surface area contributed by atoms with Crippen molar-refractivity contribution in [2.24, 2.45) is 0 Å². The van der Waals surface area contributed by atoms with Crippen LogP contribution in [0.2, 0.25) is 0 Å². The number of nitrogens with zero attached hydrogens (tertiary/aromatic N) is 7. The molecule has 0 amide bonds. The molecule has 1 fully saturated rings. The maximum atomic E-state index is 5.62. The van der Waals surface area contributed by atoms with Gasteiger partial charge in [-0.1, -0.05) is 0 Å². The molecule has 1 aliphatic rings. The van der Waals surface area contributed by atoms with E-state index in [4.69, 9.17) is 19.8 Å². The number of aryl methyl sites for hydroxylation is 1. The van der Waals surface area contributed by atoms with Gasteiger partial charge in [0, 0.05) is 59.6 Å². The number of piperazine rings is 1. The number of nitrogens with one attached hydrogen (secondary N) is 2. The molecule has 3 aromatic heterocycles. The summed E-state index contributed by atoms with van der Waals surface area (Å²) in [7, 11) is 3.90. The Hall–Kier alpha value is -2.53. The van der Waals surface area contributed by atoms with Crippen LogP contribution in [-0.4, -0.2) is 83.1 Å². The minimum Gasteiger partial charge on any atom is -0.380 e. The Balaban J connectivity index is 0.00000306. The number of rotatable bonds is 9. The van der Waals surface area contributed by atoms with Gasteiger partial charge in [0.15, 0.2) is 5.82 Å². The van der Waals surface area contributed by atoms with Crippen LogP contribution >= 0.6 is 12.4 Å². The van der Waals surface area contributed by atoms with Gasteiger partial charge in [-0.05, 0) is 31.5 Å². The number of hydrogen-bond donors (Lipinski definition) is 2. The average Bonchev–Trinajstić information content (AvgIpc) is 3.12. The van der Waals surface area contributed by atoms with Crippen LogP contribution in [-0.2, 0) is 17.8 Å². The highest BCUT2D eigenvalue weighted by Gasteiger charge is 2.22. The molecule has 33 heavy (non-hydrogen) atoms. The van der Waals surface area contributed by atoms with Crippen LogP contribution in [0.3, 0.4) is 0 Å². The molecule has 2 N–H and O–H groups in total. The molecule has 0 spiro atoms. The normalized spacial score (nSPS) is 14.3. The smallest absolute Gasteiger partial charge is 0.227 e. The van der Waals surface area contributed by atoms with Gasteiger partial charge in [-0.3, -0.25) is 9.58 Å². The quantitative estimate of drug-likeness (QED) is 0.451. The maximum absolute atomic E-state index is 5.62. The zero-order chi connectivity index (χ0) is 22.5. The Bertz CT molecular complexity index is 1050. The van der Waals surface area contributed by atoms with Gasteiger partial charge in [0.25, 0.3) is 0 Å². The van der Waals surface area contributed by atoms with Crippen LogP contribution in [0.4, 0.5) is 17.6 Å². The molecular weight excluding hydrogens is 442 g/mol. The molecule has 4 rings (SSSR count). The van der Waals surface area contributed by atoms with E-state index in [9.17, 15) is 0 Å². The van der Waals surface area contributed by atoms with Crippen LogP contribution in [0.25, 0.3) is 11.0 Å². The van der Waals surface area contributed by atoms with Gasteiger partial charge < -0.3 is 20.3 Å². The van der Waals surface area contributed by atoms with Gasteiger partial charge in [-0.2, -0.15) is 10.1 Å². The average molecular weight is 476 g/mol. The van der Waals surface area contributed by atoms with Crippen LogP contribution in [0, 0.1) is 6.92 Å². The minimum atomic E-state index is 0. The lowest BCUT2D eigenvalue weighted by Gasteiger charge is -2.26. The van der Waals surface area contributed by atoms with Crippen molar-refractivity contribution in [3.63, 3.8) is 0 Å². The van der Waals surface area contributed by atoms with Crippen molar-refractivity contribution in [2.45, 2.75) is 26.9 Å². The van der Waals surface area contributed by atoms with Crippen LogP contribution in [0.15, 0.2) is 18.3 Å². The fourth-order valence-corrected chi connectivity index (χ4v) is 3.79. The first-order valence-corrected chi connectivity index (χ1v) is 11.2. The molecule has 4 heterocycles. The molecule has 0 bridgehead atoms. The van der Waals surface area contributed by atoms with Gasteiger partial charge in [-0.15, -0.1) is 12.4 Å². The van der Waals surface area contributed by atoms with E-state index in [-0.39, 0.29) is 12.4 Å². The second-order valence-electron chi connectivity index (χ2n) is 8.20. The summed E-state index contributed by atoms with van der Waals surface area (Å²) in [6.45, 7) is 10.7. The molecule has 0 atom stereocenters. The molecule has 0 unspecified atom stereocenters. The third-order valence-electron chi connectivity index (χ3n) is 5.44. The first kappa shape index (κ1) is 25.1. The van der Waals surface area contributed by atoms with Gasteiger partial charge in [0.05, 0.1) is 13.2 Å². The summed E-state index contributed by atoms with van der Waals surface area (Å²) in [6.07, 6.45) is 1.80. The van der Waals surface area contributed by atoms with E-state index < -0.39 is 0 Å². The molecule has 11 heteroatoms. The number of hydrogen-bond acceptors (Lipinski definition) is 9. The molecule has 0 saturated carbocycles. The number of fused-ring (bicyclic) bond motifs is 1. The predicted octanol–water partition coefficient (Wildman–Crippen LogP) is 2.20. The Morgan fingerprint density at radius 2 is 2.00 bits per heavy atom. The predicted molar refractivity (Wildman–Crippen MR) is 134 cm³/mol. The second-order valence-corrected chi connectivity index (χ2v) is 8.20. The minimum absolute atomic E-state index is 0. The Morgan fingerprint density at radius 3 is 2.70 bits per heavy atom. The first-order valence-electron chi connectivity index (χ1n) is 11.2. The topological polar surface area (TPSA) is 96.3 Å². The lowest BCUT2D eigenvalue weighted by Crippen LogP contribution is -2.43. The van der Waals surface area contributed by atoms with Gasteiger partial charge in [0.1, 0.15) is 22.5 Å². The van der Waals surface area contributed by atoms with Gasteiger partial charge >= 0.3 is 0 Å². The van der Waals surface area contributed by atoms with E-state index in [1.54, 1.807) is 6.20 Å². The Morgan fingerprint density at radius 1 is 1.21 bits per heavy atom. The number of pyridine rings is 1. The van der Waals surface area contributed by atoms with E-state index >= 15 is 0 Å². The second kappa shape index (κ2) is 11.6. The summed E-state index contributed by atoms with van der Waals surface area (Å²) >= 11 is 0. The highest BCUT2D eigenvalue weighted by molar-refractivity contribution is 5.90. The summed E-state index contributed by atoms with van der Waals surface area (Å²) in [5.74, 6) is 2.09. The third kappa shape index (κ3) is 6.08. The first-order chi connectivity index (χ1) is 15.5. The zero-order valence-electron chi connectivity index (χ0n) is 19.8. The highest BCUT2D eigenvalue weighted by atomic mass is 35.5. The molecule has 180 valence electrons. The fourth-order valence-electron chi connectivity index (χ4n) is 3.79. The molecule has 0 aromatic carbocycles. The maximum Gasteiger partial charge on any atom is 0.227 e. The third-order valence-corrected chi connectivity index (χ3v) is 5.44. The van der Waals surface area contributed by atoms with Crippen molar-refractivity contribution in [3.8, 4) is 0 Å². The van der Waals surface area contributed by atoms with Crippen molar-refractivity contribution in [3.05, 3.63) is 29.6 Å². The summed E-state index contributed by atoms with van der Waals surface area (Å²) in [5.41, 5.74) is 3.84. The van der Waals surface area contributed by atoms with Crippen molar-refractivity contribution in [1.29, 1.82) is 0 Å². The zero-order valence-corrected chi connectivity index (χ0v) is 20.7. The fraction of sp³-hybridized carbons (Fsp3) is 0.545. The summed E-state index contributed by atoms with van der Waals surface area (Å²) < 4.78 is 7.59.